The van der Waals surface area contributed by atoms with Crippen molar-refractivity contribution in [2.75, 3.05) is 24.5 Å². The highest BCUT2D eigenvalue weighted by molar-refractivity contribution is 9.10. The van der Waals surface area contributed by atoms with Gasteiger partial charge in [-0.1, -0.05) is 12.1 Å². The third kappa shape index (κ3) is 2.40. The van der Waals surface area contributed by atoms with Gasteiger partial charge in [-0.25, -0.2) is 0 Å². The molecule has 1 aromatic carbocycles. The van der Waals surface area contributed by atoms with Gasteiger partial charge in [0.25, 0.3) is 0 Å². The van der Waals surface area contributed by atoms with Crippen molar-refractivity contribution in [2.24, 2.45) is 5.92 Å². The number of hydrogen-bond acceptors (Lipinski definition) is 3. The smallest absolute Gasteiger partial charge is 0.224 e. The number of nitrogens with zero attached hydrogens (tertiary/aromatic N) is 3. The van der Waals surface area contributed by atoms with Gasteiger partial charge in [-0.2, -0.15) is 5.26 Å². The average Bonchev–Trinajstić information content (AvgIpc) is 3.05. The summed E-state index contributed by atoms with van der Waals surface area (Å²) in [4.78, 5) is 16.2. The van der Waals surface area contributed by atoms with Crippen LogP contribution < -0.4 is 4.90 Å². The van der Waals surface area contributed by atoms with Gasteiger partial charge in [0.15, 0.2) is 0 Å². The van der Waals surface area contributed by atoms with E-state index in [1.165, 1.54) is 5.69 Å². The molecule has 0 aliphatic carbocycles. The van der Waals surface area contributed by atoms with E-state index in [2.05, 4.69) is 33.0 Å². The molecule has 2 heterocycles. The molecule has 2 fully saturated rings. The van der Waals surface area contributed by atoms with Crippen LogP contribution in [-0.2, 0) is 4.79 Å². The number of rotatable bonds is 2. The first-order chi connectivity index (χ1) is 9.69. The maximum Gasteiger partial charge on any atom is 0.224 e. The zero-order valence-electron chi connectivity index (χ0n) is 11.1. The lowest BCUT2D eigenvalue weighted by Crippen LogP contribution is -2.38. The van der Waals surface area contributed by atoms with Crippen LogP contribution in [-0.4, -0.2) is 36.5 Å². The standard InChI is InChI=1S/C15H16BrN3O/c16-13-3-1-2-4-14(13)18-6-5-12(10-18)19-9-11(8-17)7-15(19)20/h1-4,11-12H,5-7,9-10H2. The van der Waals surface area contributed by atoms with Crippen molar-refractivity contribution in [3.05, 3.63) is 28.7 Å². The third-order valence-electron chi connectivity index (χ3n) is 4.14. The predicted molar refractivity (Wildman–Crippen MR) is 80.2 cm³/mol. The summed E-state index contributed by atoms with van der Waals surface area (Å²) in [6, 6.07) is 10.6. The first-order valence-electron chi connectivity index (χ1n) is 6.87. The van der Waals surface area contributed by atoms with Crippen molar-refractivity contribution < 1.29 is 4.79 Å². The number of hydrogen-bond donors (Lipinski definition) is 0. The molecule has 104 valence electrons. The molecule has 1 aromatic rings. The SMILES string of the molecule is N#CC1CC(=O)N(C2CCN(c3ccccc3Br)C2)C1. The molecular formula is C15H16BrN3O. The zero-order valence-corrected chi connectivity index (χ0v) is 12.7. The van der Waals surface area contributed by atoms with Crippen LogP contribution in [0.5, 0.6) is 0 Å². The maximum atomic E-state index is 12.0. The summed E-state index contributed by atoms with van der Waals surface area (Å²) in [7, 11) is 0. The maximum absolute atomic E-state index is 12.0. The molecule has 2 atom stereocenters. The zero-order chi connectivity index (χ0) is 14.1. The highest BCUT2D eigenvalue weighted by Crippen LogP contribution is 2.31. The van der Waals surface area contributed by atoms with Crippen LogP contribution in [0, 0.1) is 17.2 Å². The number of likely N-dealkylation sites (tertiary alicyclic amines) is 1. The fourth-order valence-electron chi connectivity index (χ4n) is 3.09. The molecule has 3 rings (SSSR count). The van der Waals surface area contributed by atoms with Crippen molar-refractivity contribution in [1.82, 2.24) is 4.90 Å². The van der Waals surface area contributed by atoms with Gasteiger partial charge in [0, 0.05) is 30.5 Å². The Labute approximate surface area is 127 Å². The quantitative estimate of drug-likeness (QED) is 0.834. The van der Waals surface area contributed by atoms with Crippen LogP contribution in [0.3, 0.4) is 0 Å². The number of para-hydroxylation sites is 1. The molecule has 20 heavy (non-hydrogen) atoms. The fraction of sp³-hybridized carbons (Fsp3) is 0.467. The first kappa shape index (κ1) is 13.4. The van der Waals surface area contributed by atoms with Crippen LogP contribution >= 0.6 is 15.9 Å². The van der Waals surface area contributed by atoms with Crippen LogP contribution in [0.25, 0.3) is 0 Å². The molecule has 1 amide bonds. The van der Waals surface area contributed by atoms with Crippen molar-refractivity contribution in [1.29, 1.82) is 5.26 Å². The number of halogens is 1. The van der Waals surface area contributed by atoms with Gasteiger partial charge in [0.05, 0.1) is 23.7 Å². The van der Waals surface area contributed by atoms with E-state index in [-0.39, 0.29) is 17.9 Å². The summed E-state index contributed by atoms with van der Waals surface area (Å²) in [5.41, 5.74) is 1.18. The number of carbonyl (C=O) groups excluding carboxylic acids is 1. The minimum Gasteiger partial charge on any atom is -0.368 e. The van der Waals surface area contributed by atoms with Crippen molar-refractivity contribution >= 4 is 27.5 Å². The van der Waals surface area contributed by atoms with E-state index in [1.807, 2.05) is 23.1 Å². The topological polar surface area (TPSA) is 47.3 Å². The van der Waals surface area contributed by atoms with E-state index in [0.29, 0.717) is 13.0 Å². The van der Waals surface area contributed by atoms with Gasteiger partial charge in [-0.05, 0) is 34.5 Å². The second kappa shape index (κ2) is 5.45. The third-order valence-corrected chi connectivity index (χ3v) is 4.81. The number of amides is 1. The molecular weight excluding hydrogens is 318 g/mol. The lowest BCUT2D eigenvalue weighted by molar-refractivity contribution is -0.129. The molecule has 5 heteroatoms. The van der Waals surface area contributed by atoms with Crippen molar-refractivity contribution in [3.63, 3.8) is 0 Å². The van der Waals surface area contributed by atoms with Crippen LogP contribution in [0.15, 0.2) is 28.7 Å². The van der Waals surface area contributed by atoms with Gasteiger partial charge in [0.2, 0.25) is 5.91 Å². The summed E-state index contributed by atoms with van der Waals surface area (Å²) in [6.45, 7) is 2.41. The van der Waals surface area contributed by atoms with Gasteiger partial charge in [0.1, 0.15) is 0 Å². The molecule has 2 unspecified atom stereocenters. The van der Waals surface area contributed by atoms with E-state index >= 15 is 0 Å². The highest BCUT2D eigenvalue weighted by Gasteiger charge is 2.37. The molecule has 0 spiro atoms. The second-order valence-corrected chi connectivity index (χ2v) is 6.27. The molecule has 0 saturated carbocycles. The number of carbonyl (C=O) groups is 1. The molecule has 0 radical (unpaired) electrons. The van der Waals surface area contributed by atoms with Gasteiger partial charge in [-0.3, -0.25) is 4.79 Å². The Balaban J connectivity index is 1.70. The summed E-state index contributed by atoms with van der Waals surface area (Å²) in [5, 5.41) is 8.97. The normalized spacial score (nSPS) is 26.1. The second-order valence-electron chi connectivity index (χ2n) is 5.42. The van der Waals surface area contributed by atoms with E-state index < -0.39 is 0 Å². The number of anilines is 1. The average molecular weight is 334 g/mol. The number of nitriles is 1. The Morgan fingerprint density at radius 3 is 2.80 bits per heavy atom. The lowest BCUT2D eigenvalue weighted by atomic mass is 10.1. The molecule has 2 aliphatic rings. The molecule has 0 N–H and O–H groups in total. The monoisotopic (exact) mass is 333 g/mol. The number of benzene rings is 1. The summed E-state index contributed by atoms with van der Waals surface area (Å²) >= 11 is 3.58. The van der Waals surface area contributed by atoms with Gasteiger partial charge in [-0.15, -0.1) is 0 Å². The highest BCUT2D eigenvalue weighted by atomic mass is 79.9. The Bertz CT molecular complexity index is 568. The molecule has 0 aromatic heterocycles. The lowest BCUT2D eigenvalue weighted by Gasteiger charge is -2.25. The molecule has 2 saturated heterocycles. The van der Waals surface area contributed by atoms with Crippen LogP contribution in [0.4, 0.5) is 5.69 Å². The molecule has 0 bridgehead atoms. The van der Waals surface area contributed by atoms with Crippen molar-refractivity contribution in [3.8, 4) is 6.07 Å². The largest absolute Gasteiger partial charge is 0.368 e. The van der Waals surface area contributed by atoms with Gasteiger partial charge >= 0.3 is 0 Å². The van der Waals surface area contributed by atoms with Crippen LogP contribution in [0.2, 0.25) is 0 Å². The summed E-state index contributed by atoms with van der Waals surface area (Å²) in [6.07, 6.45) is 1.37. The molecule has 4 nitrogen and oxygen atoms in total. The van der Waals surface area contributed by atoms with Crippen molar-refractivity contribution in [2.45, 2.75) is 18.9 Å². The Kier molecular flexibility index (Phi) is 3.66. The summed E-state index contributed by atoms with van der Waals surface area (Å²) < 4.78 is 1.09. The Morgan fingerprint density at radius 2 is 2.10 bits per heavy atom. The van der Waals surface area contributed by atoms with E-state index in [9.17, 15) is 4.79 Å². The van der Waals surface area contributed by atoms with E-state index in [4.69, 9.17) is 5.26 Å². The minimum atomic E-state index is -0.125. The summed E-state index contributed by atoms with van der Waals surface area (Å²) in [5.74, 6) is 0.00976. The van der Waals surface area contributed by atoms with Crippen LogP contribution in [0.1, 0.15) is 12.8 Å². The van der Waals surface area contributed by atoms with Gasteiger partial charge < -0.3 is 9.80 Å². The Morgan fingerprint density at radius 1 is 1.30 bits per heavy atom. The molecule has 2 aliphatic heterocycles. The Hall–Kier alpha value is -1.54. The fourth-order valence-corrected chi connectivity index (χ4v) is 3.63. The predicted octanol–water partition coefficient (Wildman–Crippen LogP) is 2.40. The first-order valence-corrected chi connectivity index (χ1v) is 7.67. The van der Waals surface area contributed by atoms with E-state index in [0.717, 1.165) is 24.0 Å². The minimum absolute atomic E-state index is 0.125. The van der Waals surface area contributed by atoms with E-state index in [1.54, 1.807) is 0 Å².